The number of nitrogens with two attached hydrogens (primary N) is 1. The molecule has 72 valence electrons. The molecule has 0 radical (unpaired) electrons. The molecule has 1 atom stereocenters. The Labute approximate surface area is 86.6 Å². The second kappa shape index (κ2) is 4.80. The zero-order valence-corrected chi connectivity index (χ0v) is 8.45. The van der Waals surface area contributed by atoms with Gasteiger partial charge in [0.05, 0.1) is 6.67 Å². The molecule has 2 N–H and O–H groups in total. The molecule has 1 aromatic carbocycles. The fourth-order valence-corrected chi connectivity index (χ4v) is 1.62. The fraction of sp³-hybridized carbons (Fsp3) is 0.333. The van der Waals surface area contributed by atoms with Crippen molar-refractivity contribution in [2.45, 2.75) is 12.5 Å². The van der Waals surface area contributed by atoms with Crippen molar-refractivity contribution in [2.24, 2.45) is 5.73 Å². The van der Waals surface area contributed by atoms with Crippen LogP contribution >= 0.6 is 23.2 Å². The first-order chi connectivity index (χ1) is 6.15. The zero-order valence-electron chi connectivity index (χ0n) is 6.93. The minimum Gasteiger partial charge on any atom is -0.324 e. The summed E-state index contributed by atoms with van der Waals surface area (Å²) in [6.45, 7) is -0.444. The highest BCUT2D eigenvalue weighted by atomic mass is 35.5. The van der Waals surface area contributed by atoms with Crippen LogP contribution in [0.2, 0.25) is 10.0 Å². The summed E-state index contributed by atoms with van der Waals surface area (Å²) in [6, 6.07) is 4.68. The maximum atomic E-state index is 12.0. The lowest BCUT2D eigenvalue weighted by Gasteiger charge is -2.11. The maximum Gasteiger partial charge on any atom is 0.0912 e. The molecule has 1 nitrogen and oxygen atoms in total. The first-order valence-corrected chi connectivity index (χ1v) is 4.67. The van der Waals surface area contributed by atoms with Crippen LogP contribution in [-0.4, -0.2) is 6.67 Å². The normalized spacial score (nSPS) is 12.9. The summed E-state index contributed by atoms with van der Waals surface area (Å²) in [5, 5.41) is 1.05. The third kappa shape index (κ3) is 2.83. The lowest BCUT2D eigenvalue weighted by molar-refractivity contribution is 0.442. The van der Waals surface area contributed by atoms with Crippen LogP contribution in [-0.2, 0) is 0 Å². The van der Waals surface area contributed by atoms with Crippen LogP contribution in [0.1, 0.15) is 18.0 Å². The third-order valence-corrected chi connectivity index (χ3v) is 2.34. The van der Waals surface area contributed by atoms with Crippen LogP contribution < -0.4 is 5.73 Å². The molecule has 0 fully saturated rings. The predicted octanol–water partition coefficient (Wildman–Crippen LogP) is 3.35. The number of hydrogen-bond donors (Lipinski definition) is 1. The van der Waals surface area contributed by atoms with Crippen molar-refractivity contribution < 1.29 is 4.39 Å². The van der Waals surface area contributed by atoms with Crippen LogP contribution in [0.15, 0.2) is 18.2 Å². The van der Waals surface area contributed by atoms with Gasteiger partial charge in [-0.05, 0) is 24.1 Å². The predicted molar refractivity (Wildman–Crippen MR) is 54.0 cm³/mol. The summed E-state index contributed by atoms with van der Waals surface area (Å²) in [6.07, 6.45) is 0.279. The molecule has 0 bridgehead atoms. The molecule has 0 amide bonds. The first-order valence-electron chi connectivity index (χ1n) is 3.91. The van der Waals surface area contributed by atoms with Gasteiger partial charge in [-0.3, -0.25) is 4.39 Å². The molecule has 0 heterocycles. The van der Waals surface area contributed by atoms with E-state index in [0.717, 1.165) is 5.56 Å². The molecule has 4 heteroatoms. The largest absolute Gasteiger partial charge is 0.324 e. The summed E-state index contributed by atoms with van der Waals surface area (Å²) >= 11 is 11.6. The van der Waals surface area contributed by atoms with Gasteiger partial charge in [0.1, 0.15) is 0 Å². The Morgan fingerprint density at radius 1 is 1.38 bits per heavy atom. The Morgan fingerprint density at radius 2 is 2.08 bits per heavy atom. The number of benzene rings is 1. The summed E-state index contributed by atoms with van der Waals surface area (Å²) in [5.41, 5.74) is 6.43. The standard InChI is InChI=1S/C9H10Cl2FN/c10-6-1-2-7(8(11)5-6)9(13)3-4-12/h1-2,5,9H,3-4,13H2/t9-/m1/s1. The molecule has 0 saturated carbocycles. The molecule has 13 heavy (non-hydrogen) atoms. The van der Waals surface area contributed by atoms with Gasteiger partial charge in [-0.15, -0.1) is 0 Å². The van der Waals surface area contributed by atoms with Crippen LogP contribution in [0.25, 0.3) is 0 Å². The van der Waals surface area contributed by atoms with Crippen molar-refractivity contribution in [3.8, 4) is 0 Å². The third-order valence-electron chi connectivity index (χ3n) is 1.78. The van der Waals surface area contributed by atoms with Gasteiger partial charge in [0.15, 0.2) is 0 Å². The number of rotatable bonds is 3. The number of alkyl halides is 1. The highest BCUT2D eigenvalue weighted by Gasteiger charge is 2.09. The van der Waals surface area contributed by atoms with Crippen molar-refractivity contribution in [3.05, 3.63) is 33.8 Å². The monoisotopic (exact) mass is 221 g/mol. The fourth-order valence-electron chi connectivity index (χ4n) is 1.08. The van der Waals surface area contributed by atoms with Gasteiger partial charge in [0.25, 0.3) is 0 Å². The van der Waals surface area contributed by atoms with Crippen molar-refractivity contribution in [3.63, 3.8) is 0 Å². The molecule has 0 spiro atoms. The minimum atomic E-state index is -0.444. The van der Waals surface area contributed by atoms with Gasteiger partial charge < -0.3 is 5.73 Å². The topological polar surface area (TPSA) is 26.0 Å². The summed E-state index contributed by atoms with van der Waals surface area (Å²) in [4.78, 5) is 0. The van der Waals surface area contributed by atoms with Gasteiger partial charge >= 0.3 is 0 Å². The molecule has 0 aliphatic carbocycles. The first kappa shape index (κ1) is 10.8. The Hall–Kier alpha value is -0.310. The lowest BCUT2D eigenvalue weighted by atomic mass is 10.1. The van der Waals surface area contributed by atoms with Crippen LogP contribution in [0.5, 0.6) is 0 Å². The average Bonchev–Trinajstić information content (AvgIpc) is 2.04. The van der Waals surface area contributed by atoms with Crippen molar-refractivity contribution >= 4 is 23.2 Å². The van der Waals surface area contributed by atoms with Crippen LogP contribution in [0, 0.1) is 0 Å². The SMILES string of the molecule is N[C@H](CCF)c1ccc(Cl)cc1Cl. The van der Waals surface area contributed by atoms with Gasteiger partial charge in [0.2, 0.25) is 0 Å². The average molecular weight is 222 g/mol. The lowest BCUT2D eigenvalue weighted by Crippen LogP contribution is -2.11. The molecule has 0 aliphatic rings. The van der Waals surface area contributed by atoms with E-state index >= 15 is 0 Å². The Balaban J connectivity index is 2.88. The number of halogens is 3. The van der Waals surface area contributed by atoms with Crippen LogP contribution in [0.4, 0.5) is 4.39 Å². The second-order valence-electron chi connectivity index (χ2n) is 2.75. The van der Waals surface area contributed by atoms with Gasteiger partial charge in [0, 0.05) is 16.1 Å². The Morgan fingerprint density at radius 3 is 2.62 bits per heavy atom. The quantitative estimate of drug-likeness (QED) is 0.833. The van der Waals surface area contributed by atoms with Gasteiger partial charge in [-0.25, -0.2) is 0 Å². The summed E-state index contributed by atoms with van der Waals surface area (Å²) < 4.78 is 12.0. The number of hydrogen-bond acceptors (Lipinski definition) is 1. The second-order valence-corrected chi connectivity index (χ2v) is 3.59. The van der Waals surface area contributed by atoms with E-state index in [-0.39, 0.29) is 12.5 Å². The zero-order chi connectivity index (χ0) is 9.84. The Bertz CT molecular complexity index is 291. The van der Waals surface area contributed by atoms with Crippen LogP contribution in [0.3, 0.4) is 0 Å². The molecular formula is C9H10Cl2FN. The highest BCUT2D eigenvalue weighted by molar-refractivity contribution is 6.35. The molecular weight excluding hydrogens is 212 g/mol. The van der Waals surface area contributed by atoms with E-state index in [2.05, 4.69) is 0 Å². The molecule has 0 aromatic heterocycles. The van der Waals surface area contributed by atoms with E-state index < -0.39 is 6.67 Å². The summed E-state index contributed by atoms with van der Waals surface area (Å²) in [5.74, 6) is 0. The van der Waals surface area contributed by atoms with Crippen molar-refractivity contribution in [1.29, 1.82) is 0 Å². The van der Waals surface area contributed by atoms with E-state index in [0.29, 0.717) is 10.0 Å². The molecule has 1 rings (SSSR count). The molecule has 0 aliphatic heterocycles. The van der Waals surface area contributed by atoms with Gasteiger partial charge in [-0.2, -0.15) is 0 Å². The van der Waals surface area contributed by atoms with E-state index in [9.17, 15) is 4.39 Å². The van der Waals surface area contributed by atoms with Gasteiger partial charge in [-0.1, -0.05) is 29.3 Å². The molecule has 0 saturated heterocycles. The molecule has 1 aromatic rings. The highest BCUT2D eigenvalue weighted by Crippen LogP contribution is 2.26. The maximum absolute atomic E-state index is 12.0. The smallest absolute Gasteiger partial charge is 0.0912 e. The van der Waals surface area contributed by atoms with Crippen molar-refractivity contribution in [2.75, 3.05) is 6.67 Å². The van der Waals surface area contributed by atoms with E-state index in [4.69, 9.17) is 28.9 Å². The van der Waals surface area contributed by atoms with E-state index in [1.54, 1.807) is 18.2 Å². The minimum absolute atomic E-state index is 0.279. The Kier molecular flexibility index (Phi) is 3.97. The van der Waals surface area contributed by atoms with E-state index in [1.807, 2.05) is 0 Å². The summed E-state index contributed by atoms with van der Waals surface area (Å²) in [7, 11) is 0. The van der Waals surface area contributed by atoms with Crippen molar-refractivity contribution in [1.82, 2.24) is 0 Å². The van der Waals surface area contributed by atoms with E-state index in [1.165, 1.54) is 0 Å². The molecule has 0 unspecified atom stereocenters.